The van der Waals surface area contributed by atoms with E-state index in [1.807, 2.05) is 19.1 Å². The number of anilines is 2. The second kappa shape index (κ2) is 8.95. The molecule has 8 heteroatoms. The first kappa shape index (κ1) is 21.5. The fourth-order valence-electron chi connectivity index (χ4n) is 2.73. The molecular weight excluding hydrogens is 407 g/mol. The Morgan fingerprint density at radius 1 is 1.07 bits per heavy atom. The van der Waals surface area contributed by atoms with E-state index in [0.29, 0.717) is 10.7 Å². The van der Waals surface area contributed by atoms with E-state index >= 15 is 0 Å². The summed E-state index contributed by atoms with van der Waals surface area (Å²) in [5.74, 6) is -0.418. The Balaban J connectivity index is 2.36. The molecule has 0 bridgehead atoms. The zero-order valence-corrected chi connectivity index (χ0v) is 17.7. The predicted molar refractivity (Wildman–Crippen MR) is 112 cm³/mol. The molecule has 0 aliphatic heterocycles. The summed E-state index contributed by atoms with van der Waals surface area (Å²) in [6, 6.07) is 11.0. The van der Waals surface area contributed by atoms with Crippen molar-refractivity contribution in [1.82, 2.24) is 0 Å². The number of rotatable bonds is 7. The molecular formula is C19H22Cl2N2O3S. The van der Waals surface area contributed by atoms with Gasteiger partial charge in [0.05, 0.1) is 22.0 Å². The van der Waals surface area contributed by atoms with Crippen molar-refractivity contribution in [3.8, 4) is 0 Å². The van der Waals surface area contributed by atoms with Crippen molar-refractivity contribution in [2.24, 2.45) is 0 Å². The first-order chi connectivity index (χ1) is 12.7. The highest BCUT2D eigenvalue weighted by atomic mass is 35.5. The largest absolute Gasteiger partial charge is 0.324 e. The van der Waals surface area contributed by atoms with E-state index in [1.54, 1.807) is 19.1 Å². The molecule has 0 radical (unpaired) electrons. The van der Waals surface area contributed by atoms with Crippen LogP contribution in [-0.4, -0.2) is 26.6 Å². The van der Waals surface area contributed by atoms with Crippen molar-refractivity contribution < 1.29 is 13.2 Å². The van der Waals surface area contributed by atoms with Gasteiger partial charge in [0.25, 0.3) is 0 Å². The first-order valence-electron chi connectivity index (χ1n) is 8.51. The summed E-state index contributed by atoms with van der Waals surface area (Å²) in [4.78, 5) is 12.8. The molecule has 0 spiro atoms. The lowest BCUT2D eigenvalue weighted by atomic mass is 10.1. The normalized spacial score (nSPS) is 12.5. The molecule has 5 nitrogen and oxygen atoms in total. The van der Waals surface area contributed by atoms with Gasteiger partial charge in [0.2, 0.25) is 15.9 Å². The average molecular weight is 429 g/mol. The second-order valence-electron chi connectivity index (χ2n) is 6.12. The molecule has 27 heavy (non-hydrogen) atoms. The van der Waals surface area contributed by atoms with E-state index in [9.17, 15) is 13.2 Å². The molecule has 0 heterocycles. The molecule has 0 aromatic heterocycles. The SMILES string of the molecule is CCc1ccc(NC(=O)[C@H](CC)N(c2ccc(Cl)c(Cl)c2)S(C)(=O)=O)cc1. The van der Waals surface area contributed by atoms with Gasteiger partial charge in [-0.15, -0.1) is 0 Å². The van der Waals surface area contributed by atoms with E-state index in [4.69, 9.17) is 23.2 Å². The van der Waals surface area contributed by atoms with Crippen molar-refractivity contribution in [3.05, 3.63) is 58.1 Å². The van der Waals surface area contributed by atoms with Crippen LogP contribution in [0.15, 0.2) is 42.5 Å². The van der Waals surface area contributed by atoms with Crippen LogP contribution in [0.25, 0.3) is 0 Å². The molecule has 0 fully saturated rings. The molecule has 0 saturated heterocycles. The van der Waals surface area contributed by atoms with Crippen LogP contribution in [-0.2, 0) is 21.2 Å². The van der Waals surface area contributed by atoms with E-state index in [1.165, 1.54) is 18.2 Å². The lowest BCUT2D eigenvalue weighted by Crippen LogP contribution is -2.47. The van der Waals surface area contributed by atoms with Gasteiger partial charge >= 0.3 is 0 Å². The number of carbonyl (C=O) groups excluding carboxylic acids is 1. The van der Waals surface area contributed by atoms with Gasteiger partial charge in [-0.1, -0.05) is 49.2 Å². The highest BCUT2D eigenvalue weighted by Gasteiger charge is 2.31. The van der Waals surface area contributed by atoms with Crippen molar-refractivity contribution in [3.63, 3.8) is 0 Å². The standard InChI is InChI=1S/C19H22Cl2N2O3S/c1-4-13-6-8-14(9-7-13)22-19(24)18(5-2)23(27(3,25)26)15-10-11-16(20)17(21)12-15/h6-12,18H,4-5H2,1-3H3,(H,22,24)/t18-/m0/s1. The van der Waals surface area contributed by atoms with Gasteiger partial charge in [-0.05, 0) is 48.7 Å². The Kier molecular flexibility index (Phi) is 7.14. The number of nitrogens with one attached hydrogen (secondary N) is 1. The summed E-state index contributed by atoms with van der Waals surface area (Å²) in [7, 11) is -3.74. The van der Waals surface area contributed by atoms with Crippen LogP contribution in [0.1, 0.15) is 25.8 Å². The third-order valence-corrected chi connectivity index (χ3v) is 6.04. The van der Waals surface area contributed by atoms with Crippen molar-refractivity contribution in [2.75, 3.05) is 15.9 Å². The molecule has 1 amide bonds. The van der Waals surface area contributed by atoms with E-state index < -0.39 is 22.0 Å². The van der Waals surface area contributed by atoms with Crippen molar-refractivity contribution in [1.29, 1.82) is 0 Å². The number of nitrogens with zero attached hydrogens (tertiary/aromatic N) is 1. The summed E-state index contributed by atoms with van der Waals surface area (Å²) in [5.41, 5.74) is 2.04. The minimum absolute atomic E-state index is 0.216. The van der Waals surface area contributed by atoms with Crippen LogP contribution in [0.5, 0.6) is 0 Å². The minimum Gasteiger partial charge on any atom is -0.324 e. The lowest BCUT2D eigenvalue weighted by molar-refractivity contribution is -0.117. The summed E-state index contributed by atoms with van der Waals surface area (Å²) in [6.45, 7) is 3.79. The Morgan fingerprint density at radius 3 is 2.19 bits per heavy atom. The third kappa shape index (κ3) is 5.37. The fraction of sp³-hybridized carbons (Fsp3) is 0.316. The number of aryl methyl sites for hydroxylation is 1. The number of hydrogen-bond donors (Lipinski definition) is 1. The maximum absolute atomic E-state index is 12.8. The summed E-state index contributed by atoms with van der Waals surface area (Å²) in [5, 5.41) is 3.31. The third-order valence-electron chi connectivity index (χ3n) is 4.12. The van der Waals surface area contributed by atoms with Crippen molar-refractivity contribution in [2.45, 2.75) is 32.7 Å². The molecule has 0 unspecified atom stereocenters. The first-order valence-corrected chi connectivity index (χ1v) is 11.1. The van der Waals surface area contributed by atoms with Gasteiger partial charge in [-0.3, -0.25) is 9.10 Å². The van der Waals surface area contributed by atoms with Gasteiger partial charge in [0.1, 0.15) is 6.04 Å². The number of benzene rings is 2. The summed E-state index contributed by atoms with van der Waals surface area (Å²) >= 11 is 12.0. The number of carbonyl (C=O) groups is 1. The van der Waals surface area contributed by atoms with Gasteiger partial charge in [-0.25, -0.2) is 8.42 Å². The molecule has 1 N–H and O–H groups in total. The molecule has 2 aromatic rings. The van der Waals surface area contributed by atoms with E-state index in [0.717, 1.165) is 22.5 Å². The predicted octanol–water partition coefficient (Wildman–Crippen LogP) is 4.74. The molecule has 0 saturated carbocycles. The Morgan fingerprint density at radius 2 is 1.70 bits per heavy atom. The Hall–Kier alpha value is -1.76. The zero-order valence-electron chi connectivity index (χ0n) is 15.4. The van der Waals surface area contributed by atoms with Crippen LogP contribution in [0.4, 0.5) is 11.4 Å². The van der Waals surface area contributed by atoms with Gasteiger partial charge in [-0.2, -0.15) is 0 Å². The summed E-state index contributed by atoms with van der Waals surface area (Å²) in [6.07, 6.45) is 2.23. The number of sulfonamides is 1. The van der Waals surface area contributed by atoms with E-state index in [2.05, 4.69) is 5.32 Å². The Labute approximate surface area is 170 Å². The van der Waals surface area contributed by atoms with Crippen LogP contribution < -0.4 is 9.62 Å². The van der Waals surface area contributed by atoms with Crippen LogP contribution in [0.3, 0.4) is 0 Å². The van der Waals surface area contributed by atoms with Crippen molar-refractivity contribution >= 4 is 50.5 Å². The molecule has 2 rings (SSSR count). The quantitative estimate of drug-likeness (QED) is 0.692. The van der Waals surface area contributed by atoms with Gasteiger partial charge < -0.3 is 5.32 Å². The monoisotopic (exact) mass is 428 g/mol. The maximum atomic E-state index is 12.8. The smallest absolute Gasteiger partial charge is 0.248 e. The number of halogens is 2. The van der Waals surface area contributed by atoms with Gasteiger partial charge in [0.15, 0.2) is 0 Å². The number of hydrogen-bond acceptors (Lipinski definition) is 3. The molecule has 2 aromatic carbocycles. The highest BCUT2D eigenvalue weighted by Crippen LogP contribution is 2.30. The zero-order chi connectivity index (χ0) is 20.2. The van der Waals surface area contributed by atoms with Crippen LogP contribution >= 0.6 is 23.2 Å². The molecule has 0 aliphatic rings. The van der Waals surface area contributed by atoms with Crippen LogP contribution in [0.2, 0.25) is 10.0 Å². The molecule has 146 valence electrons. The fourth-order valence-corrected chi connectivity index (χ4v) is 4.23. The minimum atomic E-state index is -3.74. The molecule has 0 aliphatic carbocycles. The van der Waals surface area contributed by atoms with Gasteiger partial charge in [0, 0.05) is 5.69 Å². The topological polar surface area (TPSA) is 66.5 Å². The lowest BCUT2D eigenvalue weighted by Gasteiger charge is -2.30. The number of amides is 1. The Bertz CT molecular complexity index is 915. The highest BCUT2D eigenvalue weighted by molar-refractivity contribution is 7.92. The molecule has 1 atom stereocenters. The second-order valence-corrected chi connectivity index (χ2v) is 8.79. The maximum Gasteiger partial charge on any atom is 0.248 e. The van der Waals surface area contributed by atoms with Crippen LogP contribution in [0, 0.1) is 0 Å². The van der Waals surface area contributed by atoms with E-state index in [-0.39, 0.29) is 17.1 Å². The average Bonchev–Trinajstić information content (AvgIpc) is 2.61. The summed E-state index contributed by atoms with van der Waals surface area (Å²) < 4.78 is 26.0.